The number of thioether (sulfide) groups is 1. The first-order valence-corrected chi connectivity index (χ1v) is 7.18. The Morgan fingerprint density at radius 3 is 3.06 bits per heavy atom. The van der Waals surface area contributed by atoms with Gasteiger partial charge in [-0.3, -0.25) is 0 Å². The quantitative estimate of drug-likeness (QED) is 0.848. The second-order valence-electron chi connectivity index (χ2n) is 4.71. The summed E-state index contributed by atoms with van der Waals surface area (Å²) in [6, 6.07) is 0.103. The molecule has 0 radical (unpaired) electrons. The Hall–Kier alpha value is -0.550. The van der Waals surface area contributed by atoms with E-state index < -0.39 is 0 Å². The minimum Gasteiger partial charge on any atom is -0.321 e. The van der Waals surface area contributed by atoms with Gasteiger partial charge in [0.05, 0.1) is 6.04 Å². The summed E-state index contributed by atoms with van der Waals surface area (Å²) in [5.41, 5.74) is 6.04. The summed E-state index contributed by atoms with van der Waals surface area (Å²) >= 11 is 2.08. The topological polar surface area (TPSA) is 56.7 Å². The second kappa shape index (κ2) is 4.37. The zero-order valence-electron chi connectivity index (χ0n) is 9.43. The van der Waals surface area contributed by atoms with Gasteiger partial charge in [-0.05, 0) is 31.4 Å². The summed E-state index contributed by atoms with van der Waals surface area (Å²) in [6.07, 6.45) is 5.98. The normalized spacial score (nSPS) is 29.3. The van der Waals surface area contributed by atoms with Crippen molar-refractivity contribution in [3.63, 3.8) is 0 Å². The lowest BCUT2D eigenvalue weighted by Crippen LogP contribution is -2.23. The van der Waals surface area contributed by atoms with Crippen molar-refractivity contribution in [2.45, 2.75) is 49.9 Å². The van der Waals surface area contributed by atoms with E-state index in [1.54, 1.807) is 0 Å². The predicted molar refractivity (Wildman–Crippen MR) is 65.4 cm³/mol. The number of hydrogen-bond donors (Lipinski definition) is 1. The highest BCUT2D eigenvalue weighted by molar-refractivity contribution is 8.00. The van der Waals surface area contributed by atoms with Gasteiger partial charge in [0.2, 0.25) is 0 Å². The molecular weight excluding hydrogens is 220 g/mol. The van der Waals surface area contributed by atoms with Crippen LogP contribution in [0.5, 0.6) is 0 Å². The van der Waals surface area contributed by atoms with Crippen molar-refractivity contribution in [2.75, 3.05) is 5.75 Å². The van der Waals surface area contributed by atoms with Crippen molar-refractivity contribution in [2.24, 2.45) is 5.73 Å². The maximum absolute atomic E-state index is 6.04. The Morgan fingerprint density at radius 2 is 2.25 bits per heavy atom. The molecule has 1 aromatic rings. The van der Waals surface area contributed by atoms with E-state index in [0.29, 0.717) is 0 Å². The SMILES string of the molecule is NC1CCCn2c(CC3CCCS3)nnc21. The maximum Gasteiger partial charge on any atom is 0.149 e. The molecular formula is C11H18N4S. The van der Waals surface area contributed by atoms with Crippen LogP contribution in [0.1, 0.15) is 43.4 Å². The zero-order valence-corrected chi connectivity index (χ0v) is 10.2. The van der Waals surface area contributed by atoms with Crippen molar-refractivity contribution in [1.82, 2.24) is 14.8 Å². The van der Waals surface area contributed by atoms with Crippen molar-refractivity contribution in [1.29, 1.82) is 0 Å². The van der Waals surface area contributed by atoms with E-state index in [9.17, 15) is 0 Å². The summed E-state index contributed by atoms with van der Waals surface area (Å²) in [5, 5.41) is 9.35. The van der Waals surface area contributed by atoms with Crippen molar-refractivity contribution in [3.05, 3.63) is 11.6 Å². The Balaban J connectivity index is 1.79. The highest BCUT2D eigenvalue weighted by Gasteiger charge is 2.25. The summed E-state index contributed by atoms with van der Waals surface area (Å²) < 4.78 is 2.26. The fourth-order valence-corrected chi connectivity index (χ4v) is 3.89. The van der Waals surface area contributed by atoms with Gasteiger partial charge in [-0.15, -0.1) is 10.2 Å². The first-order chi connectivity index (χ1) is 7.84. The van der Waals surface area contributed by atoms with Gasteiger partial charge in [-0.25, -0.2) is 0 Å². The molecule has 4 nitrogen and oxygen atoms in total. The summed E-state index contributed by atoms with van der Waals surface area (Å²) in [7, 11) is 0. The highest BCUT2D eigenvalue weighted by atomic mass is 32.2. The van der Waals surface area contributed by atoms with Crippen LogP contribution in [0.2, 0.25) is 0 Å². The van der Waals surface area contributed by atoms with E-state index in [0.717, 1.165) is 42.7 Å². The molecule has 88 valence electrons. The van der Waals surface area contributed by atoms with E-state index >= 15 is 0 Å². The van der Waals surface area contributed by atoms with Gasteiger partial charge < -0.3 is 10.3 Å². The second-order valence-corrected chi connectivity index (χ2v) is 6.12. The van der Waals surface area contributed by atoms with E-state index in [1.165, 1.54) is 18.6 Å². The third kappa shape index (κ3) is 1.86. The van der Waals surface area contributed by atoms with E-state index in [4.69, 9.17) is 5.73 Å². The van der Waals surface area contributed by atoms with Crippen LogP contribution < -0.4 is 5.73 Å². The molecule has 3 rings (SSSR count). The molecule has 0 saturated carbocycles. The van der Waals surface area contributed by atoms with Crippen LogP contribution >= 0.6 is 11.8 Å². The van der Waals surface area contributed by atoms with Crippen molar-refractivity contribution >= 4 is 11.8 Å². The average Bonchev–Trinajstić information content (AvgIpc) is 2.90. The molecule has 1 saturated heterocycles. The molecule has 2 aliphatic heterocycles. The fraction of sp³-hybridized carbons (Fsp3) is 0.818. The molecule has 0 aliphatic carbocycles. The Labute approximate surface area is 100.0 Å². The van der Waals surface area contributed by atoms with Gasteiger partial charge in [0.1, 0.15) is 11.6 Å². The van der Waals surface area contributed by atoms with Gasteiger partial charge in [-0.1, -0.05) is 0 Å². The summed E-state index contributed by atoms with van der Waals surface area (Å²) in [6.45, 7) is 1.06. The molecule has 2 unspecified atom stereocenters. The predicted octanol–water partition coefficient (Wildman–Crippen LogP) is 1.51. The lowest BCUT2D eigenvalue weighted by Gasteiger charge is -2.20. The molecule has 0 spiro atoms. The van der Waals surface area contributed by atoms with Crippen LogP contribution in [-0.4, -0.2) is 25.8 Å². The fourth-order valence-electron chi connectivity index (χ4n) is 2.63. The van der Waals surface area contributed by atoms with Crippen LogP contribution in [0.3, 0.4) is 0 Å². The van der Waals surface area contributed by atoms with Crippen molar-refractivity contribution in [3.8, 4) is 0 Å². The van der Waals surface area contributed by atoms with E-state index in [2.05, 4.69) is 26.5 Å². The first-order valence-electron chi connectivity index (χ1n) is 6.14. The minimum absolute atomic E-state index is 0.103. The molecule has 3 heterocycles. The first kappa shape index (κ1) is 10.6. The van der Waals surface area contributed by atoms with Crippen LogP contribution in [0.15, 0.2) is 0 Å². The molecule has 2 atom stereocenters. The zero-order chi connectivity index (χ0) is 11.0. The number of rotatable bonds is 2. The number of aromatic nitrogens is 3. The minimum atomic E-state index is 0.103. The monoisotopic (exact) mass is 238 g/mol. The lowest BCUT2D eigenvalue weighted by molar-refractivity contribution is 0.442. The van der Waals surface area contributed by atoms with Gasteiger partial charge >= 0.3 is 0 Å². The summed E-state index contributed by atoms with van der Waals surface area (Å²) in [5.74, 6) is 3.47. The van der Waals surface area contributed by atoms with Crippen LogP contribution in [0, 0.1) is 0 Å². The molecule has 16 heavy (non-hydrogen) atoms. The van der Waals surface area contributed by atoms with Gasteiger partial charge in [0.25, 0.3) is 0 Å². The molecule has 0 amide bonds. The molecule has 5 heteroatoms. The Kier molecular flexibility index (Phi) is 2.90. The third-order valence-electron chi connectivity index (χ3n) is 3.52. The van der Waals surface area contributed by atoms with Gasteiger partial charge in [0.15, 0.2) is 0 Å². The van der Waals surface area contributed by atoms with Gasteiger partial charge in [-0.2, -0.15) is 11.8 Å². The largest absolute Gasteiger partial charge is 0.321 e. The van der Waals surface area contributed by atoms with Crippen LogP contribution in [0.25, 0.3) is 0 Å². The van der Waals surface area contributed by atoms with Crippen LogP contribution in [-0.2, 0) is 13.0 Å². The van der Waals surface area contributed by atoms with E-state index in [1.807, 2.05) is 0 Å². The van der Waals surface area contributed by atoms with Crippen molar-refractivity contribution < 1.29 is 0 Å². The Morgan fingerprint density at radius 1 is 1.31 bits per heavy atom. The molecule has 1 fully saturated rings. The maximum atomic E-state index is 6.04. The number of fused-ring (bicyclic) bond motifs is 1. The smallest absolute Gasteiger partial charge is 0.149 e. The standard InChI is InChI=1S/C11H18N4S/c12-9-4-1-5-15-10(13-14-11(9)15)7-8-3-2-6-16-8/h8-9H,1-7,12H2. The lowest BCUT2D eigenvalue weighted by atomic mass is 10.1. The van der Waals surface area contributed by atoms with E-state index in [-0.39, 0.29) is 6.04 Å². The number of hydrogen-bond acceptors (Lipinski definition) is 4. The molecule has 2 N–H and O–H groups in total. The van der Waals surface area contributed by atoms with Crippen LogP contribution in [0.4, 0.5) is 0 Å². The Bertz CT molecular complexity index is 370. The highest BCUT2D eigenvalue weighted by Crippen LogP contribution is 2.30. The third-order valence-corrected chi connectivity index (χ3v) is 4.92. The average molecular weight is 238 g/mol. The molecule has 0 aromatic carbocycles. The van der Waals surface area contributed by atoms with Gasteiger partial charge in [0, 0.05) is 18.2 Å². The number of nitrogens with two attached hydrogens (primary N) is 1. The number of nitrogens with zero attached hydrogens (tertiary/aromatic N) is 3. The molecule has 2 aliphatic rings. The molecule has 0 bridgehead atoms. The summed E-state index contributed by atoms with van der Waals surface area (Å²) in [4.78, 5) is 0. The molecule has 1 aromatic heterocycles.